The molecule has 0 amide bonds. The van der Waals surface area contributed by atoms with Crippen LogP contribution in [0.5, 0.6) is 0 Å². The Hall–Kier alpha value is -2.16. The number of hydrogen-bond donors (Lipinski definition) is 1. The van der Waals surface area contributed by atoms with Crippen LogP contribution >= 0.6 is 15.9 Å². The van der Waals surface area contributed by atoms with Gasteiger partial charge in [-0.2, -0.15) is 4.68 Å². The Morgan fingerprint density at radius 2 is 2.37 bits per heavy atom. The molecule has 0 bridgehead atoms. The maximum Gasteiger partial charge on any atom is 0.404 e. The van der Waals surface area contributed by atoms with E-state index in [2.05, 4.69) is 21.0 Å². The van der Waals surface area contributed by atoms with Crippen molar-refractivity contribution in [1.82, 2.24) is 9.78 Å². The summed E-state index contributed by atoms with van der Waals surface area (Å²) >= 11 is 3.02. The van der Waals surface area contributed by atoms with Gasteiger partial charge in [-0.15, -0.1) is 0 Å². The van der Waals surface area contributed by atoms with E-state index in [-0.39, 0.29) is 28.2 Å². The van der Waals surface area contributed by atoms with Gasteiger partial charge in [-0.1, -0.05) is 0 Å². The molecule has 2 rings (SSSR count). The third-order valence-corrected chi connectivity index (χ3v) is 2.95. The van der Waals surface area contributed by atoms with Crippen LogP contribution in [0.1, 0.15) is 21.9 Å². The number of aromatic carboxylic acids is 1. The molecule has 0 spiro atoms. The number of hydrogen-bond acceptors (Lipinski definition) is 5. The van der Waals surface area contributed by atoms with Crippen LogP contribution in [0.4, 0.5) is 5.82 Å². The Kier molecular flexibility index (Phi) is 3.38. The summed E-state index contributed by atoms with van der Waals surface area (Å²) in [5.41, 5.74) is 0.0655. The molecule has 8 nitrogen and oxygen atoms in total. The van der Waals surface area contributed by atoms with Gasteiger partial charge in [0.15, 0.2) is 0 Å². The summed E-state index contributed by atoms with van der Waals surface area (Å²) in [6.45, 7) is 1.65. The first-order chi connectivity index (χ1) is 8.88. The van der Waals surface area contributed by atoms with E-state index in [9.17, 15) is 14.9 Å². The molecule has 0 aliphatic carbocycles. The van der Waals surface area contributed by atoms with Gasteiger partial charge in [0.1, 0.15) is 28.1 Å². The zero-order valence-corrected chi connectivity index (χ0v) is 11.2. The van der Waals surface area contributed by atoms with Gasteiger partial charge in [-0.3, -0.25) is 0 Å². The van der Waals surface area contributed by atoms with Crippen LogP contribution in [0.25, 0.3) is 0 Å². The molecule has 2 aromatic rings. The number of furan rings is 1. The Balaban J connectivity index is 2.26. The minimum Gasteiger partial charge on any atom is -0.478 e. The number of carboxylic acid groups (broad SMARTS) is 1. The molecule has 19 heavy (non-hydrogen) atoms. The van der Waals surface area contributed by atoms with E-state index in [1.165, 1.54) is 23.9 Å². The van der Waals surface area contributed by atoms with Crippen molar-refractivity contribution in [2.45, 2.75) is 13.5 Å². The smallest absolute Gasteiger partial charge is 0.404 e. The second kappa shape index (κ2) is 4.84. The van der Waals surface area contributed by atoms with Gasteiger partial charge >= 0.3 is 11.8 Å². The van der Waals surface area contributed by atoms with Gasteiger partial charge in [0.25, 0.3) is 0 Å². The maximum atomic E-state index is 10.9. The zero-order chi connectivity index (χ0) is 14.2. The first-order valence-electron chi connectivity index (χ1n) is 5.08. The topological polar surface area (TPSA) is 111 Å². The SMILES string of the molecule is Cc1oc(Cn2cc(Br)c([N+](=O)[O-])n2)cc1C(=O)O. The van der Waals surface area contributed by atoms with Crippen molar-refractivity contribution in [3.05, 3.63) is 43.9 Å². The highest BCUT2D eigenvalue weighted by molar-refractivity contribution is 9.10. The fourth-order valence-electron chi connectivity index (χ4n) is 1.59. The largest absolute Gasteiger partial charge is 0.478 e. The molecular weight excluding hydrogens is 322 g/mol. The summed E-state index contributed by atoms with van der Waals surface area (Å²) < 4.78 is 6.81. The third-order valence-electron chi connectivity index (χ3n) is 2.39. The van der Waals surface area contributed by atoms with Crippen molar-refractivity contribution in [2.75, 3.05) is 0 Å². The van der Waals surface area contributed by atoms with Crippen LogP contribution in [-0.2, 0) is 6.54 Å². The van der Waals surface area contributed by atoms with Crippen molar-refractivity contribution >= 4 is 27.7 Å². The molecule has 0 fully saturated rings. The Morgan fingerprint density at radius 3 is 2.84 bits per heavy atom. The Morgan fingerprint density at radius 1 is 1.68 bits per heavy atom. The van der Waals surface area contributed by atoms with Crippen molar-refractivity contribution < 1.29 is 19.2 Å². The molecule has 2 aromatic heterocycles. The summed E-state index contributed by atoms with van der Waals surface area (Å²) in [6.07, 6.45) is 1.43. The molecule has 0 aromatic carbocycles. The first-order valence-corrected chi connectivity index (χ1v) is 5.87. The summed E-state index contributed by atoms with van der Waals surface area (Å²) in [4.78, 5) is 20.9. The van der Waals surface area contributed by atoms with E-state index < -0.39 is 10.9 Å². The molecule has 0 aliphatic rings. The average molecular weight is 330 g/mol. The normalized spacial score (nSPS) is 10.6. The van der Waals surface area contributed by atoms with E-state index in [0.717, 1.165) is 0 Å². The number of halogens is 1. The minimum absolute atomic E-state index is 0.0655. The van der Waals surface area contributed by atoms with Gasteiger partial charge in [-0.25, -0.2) is 4.79 Å². The Bertz CT molecular complexity index is 604. The summed E-state index contributed by atoms with van der Waals surface area (Å²) in [7, 11) is 0. The van der Waals surface area contributed by atoms with E-state index in [1.54, 1.807) is 0 Å². The van der Waals surface area contributed by atoms with Gasteiger partial charge in [-0.05, 0) is 33.8 Å². The molecule has 0 radical (unpaired) electrons. The second-order valence-corrected chi connectivity index (χ2v) is 4.60. The summed E-state index contributed by atoms with van der Waals surface area (Å²) in [5.74, 6) is -0.745. The van der Waals surface area contributed by atoms with Crippen molar-refractivity contribution in [1.29, 1.82) is 0 Å². The highest BCUT2D eigenvalue weighted by atomic mass is 79.9. The number of aromatic nitrogens is 2. The molecule has 100 valence electrons. The predicted molar refractivity (Wildman–Crippen MR) is 66.1 cm³/mol. The number of carboxylic acids is 1. The molecule has 0 atom stereocenters. The van der Waals surface area contributed by atoms with Crippen LogP contribution < -0.4 is 0 Å². The Labute approximate surface area is 114 Å². The first kappa shape index (κ1) is 13.3. The third kappa shape index (κ3) is 2.65. The van der Waals surface area contributed by atoms with Crippen LogP contribution in [-0.4, -0.2) is 25.8 Å². The second-order valence-electron chi connectivity index (χ2n) is 3.74. The van der Waals surface area contributed by atoms with Gasteiger partial charge in [0, 0.05) is 0 Å². The van der Waals surface area contributed by atoms with Crippen LogP contribution in [0.3, 0.4) is 0 Å². The average Bonchev–Trinajstić information content (AvgIpc) is 2.82. The fraction of sp³-hybridized carbons (Fsp3) is 0.200. The molecule has 0 aliphatic heterocycles. The summed E-state index contributed by atoms with van der Waals surface area (Å²) in [5, 5.41) is 23.3. The fourth-order valence-corrected chi connectivity index (χ4v) is 2.05. The quantitative estimate of drug-likeness (QED) is 0.679. The highest BCUT2D eigenvalue weighted by Crippen LogP contribution is 2.23. The number of nitrogens with zero attached hydrogens (tertiary/aromatic N) is 3. The lowest BCUT2D eigenvalue weighted by Crippen LogP contribution is -2.00. The van der Waals surface area contributed by atoms with Crippen LogP contribution in [0, 0.1) is 17.0 Å². The molecule has 0 unspecified atom stereocenters. The number of rotatable bonds is 4. The molecule has 1 N–H and O–H groups in total. The van der Waals surface area contributed by atoms with E-state index in [1.807, 2.05) is 0 Å². The van der Waals surface area contributed by atoms with Crippen LogP contribution in [0.2, 0.25) is 0 Å². The van der Waals surface area contributed by atoms with Crippen LogP contribution in [0.15, 0.2) is 21.2 Å². The molecule has 0 saturated heterocycles. The van der Waals surface area contributed by atoms with Crippen molar-refractivity contribution in [3.63, 3.8) is 0 Å². The molecule has 0 saturated carbocycles. The maximum absolute atomic E-state index is 10.9. The standard InChI is InChI=1S/C10H8BrN3O5/c1-5-7(10(15)16)2-6(19-5)3-13-4-8(11)9(12-13)14(17)18/h2,4H,3H2,1H3,(H,15,16). The molecular formula is C10H8BrN3O5. The van der Waals surface area contributed by atoms with Gasteiger partial charge in [0.2, 0.25) is 0 Å². The lowest BCUT2D eigenvalue weighted by atomic mass is 10.2. The summed E-state index contributed by atoms with van der Waals surface area (Å²) in [6, 6.07) is 1.37. The zero-order valence-electron chi connectivity index (χ0n) is 9.66. The monoisotopic (exact) mass is 329 g/mol. The van der Waals surface area contributed by atoms with Gasteiger partial charge < -0.3 is 19.6 Å². The number of nitro groups is 1. The molecule has 2 heterocycles. The van der Waals surface area contributed by atoms with Gasteiger partial charge in [0.05, 0.1) is 11.3 Å². The minimum atomic E-state index is -1.08. The number of carbonyl (C=O) groups is 1. The lowest BCUT2D eigenvalue weighted by Gasteiger charge is -1.91. The van der Waals surface area contributed by atoms with Crippen molar-refractivity contribution in [3.8, 4) is 0 Å². The van der Waals surface area contributed by atoms with E-state index in [0.29, 0.717) is 5.76 Å². The molecule has 9 heteroatoms. The highest BCUT2D eigenvalue weighted by Gasteiger charge is 2.20. The lowest BCUT2D eigenvalue weighted by molar-refractivity contribution is -0.390. The van der Waals surface area contributed by atoms with Crippen molar-refractivity contribution in [2.24, 2.45) is 0 Å². The van der Waals surface area contributed by atoms with E-state index >= 15 is 0 Å². The van der Waals surface area contributed by atoms with E-state index in [4.69, 9.17) is 9.52 Å². The predicted octanol–water partition coefficient (Wildman–Crippen LogP) is 2.20. The number of aryl methyl sites for hydroxylation is 1.